The summed E-state index contributed by atoms with van der Waals surface area (Å²) >= 11 is 0. The van der Waals surface area contributed by atoms with E-state index in [0.717, 1.165) is 19.1 Å². The number of hydrogen-bond donors (Lipinski definition) is 1. The summed E-state index contributed by atoms with van der Waals surface area (Å²) in [5.41, 5.74) is 0. The monoisotopic (exact) mass is 337 g/mol. The molecule has 128 valence electrons. The van der Waals surface area contributed by atoms with Crippen molar-refractivity contribution in [1.29, 1.82) is 0 Å². The number of ether oxygens (including phenoxy) is 2. The molecule has 0 aromatic carbocycles. The first-order valence-electron chi connectivity index (χ1n) is 7.11. The molecule has 1 aliphatic rings. The molecule has 0 spiro atoms. The molecule has 0 heterocycles. The Hall–Kier alpha value is -1.19. The third kappa shape index (κ3) is 7.71. The largest absolute Gasteiger partial charge is 0.469 e. The molecule has 22 heavy (non-hydrogen) atoms. The molecular weight excluding hydrogens is 314 g/mol. The van der Waals surface area contributed by atoms with Crippen molar-refractivity contribution in [2.45, 2.75) is 31.7 Å². The average molecular weight is 337 g/mol. The van der Waals surface area contributed by atoms with Gasteiger partial charge in [0.05, 0.1) is 32.5 Å². The fourth-order valence-electron chi connectivity index (χ4n) is 2.32. The van der Waals surface area contributed by atoms with Crippen LogP contribution in [0.15, 0.2) is 0 Å². The highest BCUT2D eigenvalue weighted by Crippen LogP contribution is 2.25. The lowest BCUT2D eigenvalue weighted by Gasteiger charge is -2.27. The maximum Gasteiger partial charge on any atom is 0.308 e. The highest BCUT2D eigenvalue weighted by atomic mass is 32.2. The Morgan fingerprint density at radius 2 is 1.77 bits per heavy atom. The van der Waals surface area contributed by atoms with Gasteiger partial charge in [0.1, 0.15) is 6.61 Å². The Balaban J connectivity index is 2.12. The normalized spacial score (nSPS) is 22.1. The third-order valence-electron chi connectivity index (χ3n) is 3.39. The summed E-state index contributed by atoms with van der Waals surface area (Å²) in [6.07, 6.45) is 3.79. The van der Waals surface area contributed by atoms with Crippen LogP contribution < -0.4 is 5.32 Å². The Labute approximate surface area is 130 Å². The molecule has 1 aliphatic carbocycles. The van der Waals surface area contributed by atoms with Crippen molar-refractivity contribution < 1.29 is 31.7 Å². The van der Waals surface area contributed by atoms with Gasteiger partial charge in [-0.05, 0) is 25.7 Å². The van der Waals surface area contributed by atoms with E-state index in [0.29, 0.717) is 12.8 Å². The minimum atomic E-state index is -3.48. The van der Waals surface area contributed by atoms with Gasteiger partial charge in [0.25, 0.3) is 10.1 Å². The van der Waals surface area contributed by atoms with Crippen LogP contribution in [0, 0.1) is 5.92 Å². The summed E-state index contributed by atoms with van der Waals surface area (Å²) in [5.74, 6) is -0.539. The van der Waals surface area contributed by atoms with Crippen LogP contribution in [0.1, 0.15) is 25.7 Å². The molecule has 0 aromatic heterocycles. The molecule has 1 amide bonds. The predicted molar refractivity (Wildman–Crippen MR) is 77.5 cm³/mol. The molecule has 0 atom stereocenters. The lowest BCUT2D eigenvalue weighted by Crippen LogP contribution is -2.40. The highest BCUT2D eigenvalue weighted by Gasteiger charge is 2.27. The average Bonchev–Trinajstić information content (AvgIpc) is 2.45. The van der Waals surface area contributed by atoms with Gasteiger partial charge in [0, 0.05) is 6.04 Å². The quantitative estimate of drug-likeness (QED) is 0.372. The molecule has 1 rings (SSSR count). The van der Waals surface area contributed by atoms with Gasteiger partial charge in [-0.3, -0.25) is 13.8 Å². The van der Waals surface area contributed by atoms with Gasteiger partial charge < -0.3 is 14.8 Å². The summed E-state index contributed by atoms with van der Waals surface area (Å²) < 4.78 is 35.6. The van der Waals surface area contributed by atoms with E-state index in [9.17, 15) is 18.0 Å². The van der Waals surface area contributed by atoms with E-state index in [2.05, 4.69) is 9.50 Å². The number of carbonyl (C=O) groups excluding carboxylic acids is 2. The summed E-state index contributed by atoms with van der Waals surface area (Å²) in [5, 5.41) is 2.83. The first-order valence-corrected chi connectivity index (χ1v) is 8.93. The number of nitrogens with one attached hydrogen (secondary N) is 1. The minimum absolute atomic E-state index is 0.0234. The third-order valence-corrected chi connectivity index (χ3v) is 3.98. The van der Waals surface area contributed by atoms with Gasteiger partial charge in [-0.2, -0.15) is 8.42 Å². The van der Waals surface area contributed by atoms with Crippen LogP contribution in [0.3, 0.4) is 0 Å². The van der Waals surface area contributed by atoms with Crippen LogP contribution in [0.2, 0.25) is 0 Å². The van der Waals surface area contributed by atoms with Crippen LogP contribution >= 0.6 is 0 Å². The number of hydrogen-bond acceptors (Lipinski definition) is 7. The first-order chi connectivity index (χ1) is 10.3. The van der Waals surface area contributed by atoms with Gasteiger partial charge in [-0.25, -0.2) is 0 Å². The van der Waals surface area contributed by atoms with Crippen LogP contribution in [0.25, 0.3) is 0 Å². The van der Waals surface area contributed by atoms with Crippen molar-refractivity contribution in [3.63, 3.8) is 0 Å². The molecule has 8 nitrogen and oxygen atoms in total. The molecule has 1 N–H and O–H groups in total. The molecular formula is C13H23NO7S. The fraction of sp³-hybridized carbons (Fsp3) is 0.846. The lowest BCUT2D eigenvalue weighted by molar-refractivity contribution is -0.146. The second-order valence-corrected chi connectivity index (χ2v) is 6.86. The maximum absolute atomic E-state index is 11.7. The van der Waals surface area contributed by atoms with E-state index in [-0.39, 0.29) is 43.7 Å². The lowest BCUT2D eigenvalue weighted by atomic mass is 9.86. The Morgan fingerprint density at radius 1 is 1.14 bits per heavy atom. The molecule has 0 unspecified atom stereocenters. The smallest absolute Gasteiger partial charge is 0.308 e. The van der Waals surface area contributed by atoms with E-state index in [1.54, 1.807) is 0 Å². The van der Waals surface area contributed by atoms with Crippen LogP contribution in [-0.2, 0) is 33.4 Å². The Bertz CT molecular complexity index is 469. The fourth-order valence-corrected chi connectivity index (χ4v) is 2.69. The van der Waals surface area contributed by atoms with E-state index >= 15 is 0 Å². The van der Waals surface area contributed by atoms with Gasteiger partial charge in [0.2, 0.25) is 5.91 Å². The van der Waals surface area contributed by atoms with E-state index in [1.807, 2.05) is 0 Å². The molecule has 0 saturated heterocycles. The zero-order valence-electron chi connectivity index (χ0n) is 12.9. The molecule has 1 saturated carbocycles. The number of amides is 1. The van der Waals surface area contributed by atoms with Crippen molar-refractivity contribution in [3.05, 3.63) is 0 Å². The van der Waals surface area contributed by atoms with Crippen LogP contribution in [0.4, 0.5) is 0 Å². The van der Waals surface area contributed by atoms with E-state index in [1.165, 1.54) is 7.11 Å². The molecule has 0 aromatic rings. The number of esters is 1. The molecule has 0 aliphatic heterocycles. The molecule has 1 fully saturated rings. The van der Waals surface area contributed by atoms with Crippen molar-refractivity contribution in [2.24, 2.45) is 5.92 Å². The Morgan fingerprint density at radius 3 is 2.32 bits per heavy atom. The Kier molecular flexibility index (Phi) is 7.77. The molecule has 0 bridgehead atoms. The number of methoxy groups -OCH3 is 1. The SMILES string of the molecule is COC(=O)[C@H]1CC[C@H](NC(=O)COCCOS(C)(=O)=O)CC1. The first kappa shape index (κ1) is 18.9. The van der Waals surface area contributed by atoms with Gasteiger partial charge >= 0.3 is 5.97 Å². The summed E-state index contributed by atoms with van der Waals surface area (Å²) in [6.45, 7) is -0.240. The molecule has 0 radical (unpaired) electrons. The topological polar surface area (TPSA) is 108 Å². The van der Waals surface area contributed by atoms with Crippen LogP contribution in [-0.4, -0.2) is 59.5 Å². The zero-order valence-corrected chi connectivity index (χ0v) is 13.7. The van der Waals surface area contributed by atoms with Crippen LogP contribution in [0.5, 0.6) is 0 Å². The predicted octanol–water partition coefficient (Wildman–Crippen LogP) is -0.173. The standard InChI is InChI=1S/C13H23NO7S/c1-19-13(16)10-3-5-11(6-4-10)14-12(15)9-20-7-8-21-22(2,17)18/h10-11H,3-9H2,1-2H3,(H,14,15)/t10-,11-. The van der Waals surface area contributed by atoms with Gasteiger partial charge in [-0.15, -0.1) is 0 Å². The summed E-state index contributed by atoms with van der Waals surface area (Å²) in [7, 11) is -2.10. The maximum atomic E-state index is 11.7. The van der Waals surface area contributed by atoms with Crippen molar-refractivity contribution in [1.82, 2.24) is 5.32 Å². The van der Waals surface area contributed by atoms with Gasteiger partial charge in [0.15, 0.2) is 0 Å². The second kappa shape index (κ2) is 9.06. The number of rotatable bonds is 8. The van der Waals surface area contributed by atoms with Crippen molar-refractivity contribution >= 4 is 22.0 Å². The number of carbonyl (C=O) groups is 2. The second-order valence-electron chi connectivity index (χ2n) is 5.22. The van der Waals surface area contributed by atoms with Gasteiger partial charge in [-0.1, -0.05) is 0 Å². The van der Waals surface area contributed by atoms with Crippen molar-refractivity contribution in [3.8, 4) is 0 Å². The van der Waals surface area contributed by atoms with E-state index in [4.69, 9.17) is 9.47 Å². The summed E-state index contributed by atoms with van der Waals surface area (Å²) in [6, 6.07) is 0.0317. The zero-order chi connectivity index (χ0) is 16.6. The highest BCUT2D eigenvalue weighted by molar-refractivity contribution is 7.85. The summed E-state index contributed by atoms with van der Waals surface area (Å²) in [4.78, 5) is 23.0. The minimum Gasteiger partial charge on any atom is -0.469 e. The van der Waals surface area contributed by atoms with E-state index < -0.39 is 10.1 Å². The van der Waals surface area contributed by atoms with Crippen molar-refractivity contribution in [2.75, 3.05) is 33.2 Å². The molecule has 9 heteroatoms.